The average Bonchev–Trinajstić information content (AvgIpc) is 2.60. The van der Waals surface area contributed by atoms with Crippen molar-refractivity contribution >= 4 is 16.7 Å². The first-order valence-corrected chi connectivity index (χ1v) is 8.90. The molecule has 1 unspecified atom stereocenters. The van der Waals surface area contributed by atoms with Gasteiger partial charge in [0.05, 0.1) is 6.10 Å². The molecule has 1 amide bonds. The van der Waals surface area contributed by atoms with E-state index in [2.05, 4.69) is 9.88 Å². The SMILES string of the molecule is CC(C)(C)C(O)CN1CCN(C(=O)c2nccc3ccccc23)CC1. The summed E-state index contributed by atoms with van der Waals surface area (Å²) < 4.78 is 0. The van der Waals surface area contributed by atoms with Gasteiger partial charge in [0.25, 0.3) is 5.91 Å². The fourth-order valence-electron chi connectivity index (χ4n) is 3.09. The van der Waals surface area contributed by atoms with Gasteiger partial charge in [0.15, 0.2) is 0 Å². The number of amides is 1. The number of aromatic nitrogens is 1. The van der Waals surface area contributed by atoms with Crippen LogP contribution in [0.3, 0.4) is 0 Å². The molecule has 0 aliphatic carbocycles. The van der Waals surface area contributed by atoms with Crippen molar-refractivity contribution in [2.45, 2.75) is 26.9 Å². The standard InChI is InChI=1S/C20H27N3O2/c1-20(2,3)17(24)14-22-10-12-23(13-11-22)19(25)18-16-7-5-4-6-15(16)8-9-21-18/h4-9,17,24H,10-14H2,1-3H3. The zero-order chi connectivity index (χ0) is 18.0. The Morgan fingerprint density at radius 1 is 1.16 bits per heavy atom. The van der Waals surface area contributed by atoms with Gasteiger partial charge in [-0.1, -0.05) is 45.0 Å². The van der Waals surface area contributed by atoms with Crippen molar-refractivity contribution in [2.75, 3.05) is 32.7 Å². The molecule has 3 rings (SSSR count). The Morgan fingerprint density at radius 3 is 2.52 bits per heavy atom. The van der Waals surface area contributed by atoms with Crippen LogP contribution in [-0.2, 0) is 0 Å². The number of aliphatic hydroxyl groups excluding tert-OH is 1. The minimum Gasteiger partial charge on any atom is -0.391 e. The molecule has 134 valence electrons. The second-order valence-corrected chi connectivity index (χ2v) is 7.86. The molecule has 0 bridgehead atoms. The highest BCUT2D eigenvalue weighted by Crippen LogP contribution is 2.21. The first kappa shape index (κ1) is 17.8. The molecule has 2 aromatic rings. The van der Waals surface area contributed by atoms with E-state index >= 15 is 0 Å². The van der Waals surface area contributed by atoms with Crippen molar-refractivity contribution in [1.29, 1.82) is 0 Å². The molecule has 5 heteroatoms. The number of nitrogens with zero attached hydrogens (tertiary/aromatic N) is 3. The van der Waals surface area contributed by atoms with Crippen molar-refractivity contribution in [1.82, 2.24) is 14.8 Å². The molecular formula is C20H27N3O2. The van der Waals surface area contributed by atoms with E-state index in [1.54, 1.807) is 6.20 Å². The van der Waals surface area contributed by atoms with Crippen molar-refractivity contribution in [3.8, 4) is 0 Å². The molecule has 0 saturated carbocycles. The number of piperazine rings is 1. The molecule has 1 aliphatic rings. The normalized spacial score (nSPS) is 17.7. The summed E-state index contributed by atoms with van der Waals surface area (Å²) in [6.45, 7) is 9.68. The summed E-state index contributed by atoms with van der Waals surface area (Å²) in [5, 5.41) is 12.2. The third kappa shape index (κ3) is 3.99. The zero-order valence-corrected chi connectivity index (χ0v) is 15.3. The fourth-order valence-corrected chi connectivity index (χ4v) is 3.09. The highest BCUT2D eigenvalue weighted by molar-refractivity contribution is 6.05. The second kappa shape index (κ2) is 7.10. The molecule has 0 spiro atoms. The Balaban J connectivity index is 1.66. The number of aliphatic hydroxyl groups is 1. The second-order valence-electron chi connectivity index (χ2n) is 7.86. The largest absolute Gasteiger partial charge is 0.391 e. The summed E-state index contributed by atoms with van der Waals surface area (Å²) in [7, 11) is 0. The van der Waals surface area contributed by atoms with Gasteiger partial charge in [-0.05, 0) is 16.9 Å². The number of hydrogen-bond donors (Lipinski definition) is 1. The molecule has 1 atom stereocenters. The van der Waals surface area contributed by atoms with Gasteiger partial charge in [0.2, 0.25) is 0 Å². The van der Waals surface area contributed by atoms with Crippen LogP contribution in [0.15, 0.2) is 36.5 Å². The number of carbonyl (C=O) groups is 1. The van der Waals surface area contributed by atoms with Gasteiger partial charge in [-0.15, -0.1) is 0 Å². The predicted octanol–water partition coefficient (Wildman–Crippen LogP) is 2.40. The van der Waals surface area contributed by atoms with Gasteiger partial charge in [-0.2, -0.15) is 0 Å². The maximum Gasteiger partial charge on any atom is 0.273 e. The lowest BCUT2D eigenvalue weighted by atomic mass is 9.89. The Hall–Kier alpha value is -1.98. The molecule has 1 saturated heterocycles. The van der Waals surface area contributed by atoms with Crippen LogP contribution >= 0.6 is 0 Å². The third-order valence-electron chi connectivity index (χ3n) is 4.97. The van der Waals surface area contributed by atoms with Crippen LogP contribution in [0.25, 0.3) is 10.8 Å². The fraction of sp³-hybridized carbons (Fsp3) is 0.500. The lowest BCUT2D eigenvalue weighted by molar-refractivity contribution is 0.0136. The smallest absolute Gasteiger partial charge is 0.273 e. The minimum atomic E-state index is -0.366. The van der Waals surface area contributed by atoms with E-state index < -0.39 is 0 Å². The summed E-state index contributed by atoms with van der Waals surface area (Å²) in [6, 6.07) is 9.78. The molecule has 1 N–H and O–H groups in total. The van der Waals surface area contributed by atoms with E-state index in [1.165, 1.54) is 0 Å². The molecular weight excluding hydrogens is 314 g/mol. The van der Waals surface area contributed by atoms with Crippen molar-refractivity contribution in [3.63, 3.8) is 0 Å². The van der Waals surface area contributed by atoms with Crippen LogP contribution in [0.1, 0.15) is 31.3 Å². The average molecular weight is 341 g/mol. The number of benzene rings is 1. The summed E-state index contributed by atoms with van der Waals surface area (Å²) in [5.74, 6) is -0.00665. The van der Waals surface area contributed by atoms with Gasteiger partial charge in [-0.25, -0.2) is 0 Å². The molecule has 1 aliphatic heterocycles. The van der Waals surface area contributed by atoms with Crippen LogP contribution in [0.5, 0.6) is 0 Å². The highest BCUT2D eigenvalue weighted by Gasteiger charge is 2.28. The van der Waals surface area contributed by atoms with Crippen molar-refractivity contribution in [3.05, 3.63) is 42.2 Å². The lowest BCUT2D eigenvalue weighted by Crippen LogP contribution is -2.51. The van der Waals surface area contributed by atoms with Crippen LogP contribution in [-0.4, -0.2) is 64.6 Å². The van der Waals surface area contributed by atoms with Crippen LogP contribution in [0.2, 0.25) is 0 Å². The maximum atomic E-state index is 12.9. The molecule has 1 fully saturated rings. The summed E-state index contributed by atoms with van der Waals surface area (Å²) in [6.07, 6.45) is 1.33. The van der Waals surface area contributed by atoms with Crippen LogP contribution < -0.4 is 0 Å². The van der Waals surface area contributed by atoms with E-state index in [4.69, 9.17) is 0 Å². The number of fused-ring (bicyclic) bond motifs is 1. The summed E-state index contributed by atoms with van der Waals surface area (Å²) >= 11 is 0. The molecule has 25 heavy (non-hydrogen) atoms. The number of hydrogen-bond acceptors (Lipinski definition) is 4. The van der Waals surface area contributed by atoms with Crippen LogP contribution in [0.4, 0.5) is 0 Å². The molecule has 1 aromatic heterocycles. The van der Waals surface area contributed by atoms with E-state index in [1.807, 2.05) is 56.0 Å². The quantitative estimate of drug-likeness (QED) is 0.931. The van der Waals surface area contributed by atoms with Crippen molar-refractivity contribution in [2.24, 2.45) is 5.41 Å². The van der Waals surface area contributed by atoms with E-state index in [-0.39, 0.29) is 17.4 Å². The monoisotopic (exact) mass is 341 g/mol. The van der Waals surface area contributed by atoms with Gasteiger partial charge in [0, 0.05) is 44.3 Å². The molecule has 1 aromatic carbocycles. The van der Waals surface area contributed by atoms with E-state index in [0.717, 1.165) is 23.9 Å². The molecule has 5 nitrogen and oxygen atoms in total. The minimum absolute atomic E-state index is 0.00665. The number of rotatable bonds is 3. The number of carbonyl (C=O) groups excluding carboxylic acids is 1. The topological polar surface area (TPSA) is 56.7 Å². The van der Waals surface area contributed by atoms with E-state index in [0.29, 0.717) is 25.3 Å². The Morgan fingerprint density at radius 2 is 1.84 bits per heavy atom. The molecule has 0 radical (unpaired) electrons. The Kier molecular flexibility index (Phi) is 5.06. The predicted molar refractivity (Wildman–Crippen MR) is 99.5 cm³/mol. The van der Waals surface area contributed by atoms with Gasteiger partial charge in [0.1, 0.15) is 5.69 Å². The van der Waals surface area contributed by atoms with Gasteiger partial charge in [-0.3, -0.25) is 14.7 Å². The Labute approximate surface area is 149 Å². The maximum absolute atomic E-state index is 12.9. The summed E-state index contributed by atoms with van der Waals surface area (Å²) in [5.41, 5.74) is 0.404. The molecule has 2 heterocycles. The Bertz CT molecular complexity index is 741. The van der Waals surface area contributed by atoms with Crippen LogP contribution in [0, 0.1) is 5.41 Å². The van der Waals surface area contributed by atoms with Gasteiger partial charge >= 0.3 is 0 Å². The lowest BCUT2D eigenvalue weighted by Gasteiger charge is -2.37. The summed E-state index contributed by atoms with van der Waals surface area (Å²) in [4.78, 5) is 21.3. The number of β-amino-alcohol motifs (C(OH)–C–C–N with tert-alkyl or cyclic N) is 1. The zero-order valence-electron chi connectivity index (χ0n) is 15.3. The van der Waals surface area contributed by atoms with E-state index in [9.17, 15) is 9.90 Å². The first-order valence-electron chi connectivity index (χ1n) is 8.90. The van der Waals surface area contributed by atoms with Gasteiger partial charge < -0.3 is 10.0 Å². The van der Waals surface area contributed by atoms with Crippen molar-refractivity contribution < 1.29 is 9.90 Å². The first-order chi connectivity index (χ1) is 11.9. The number of pyridine rings is 1. The third-order valence-corrected chi connectivity index (χ3v) is 4.97. The highest BCUT2D eigenvalue weighted by atomic mass is 16.3.